The largest absolute Gasteiger partial charge is 0.480 e. The molecule has 2 N–H and O–H groups in total. The zero-order chi connectivity index (χ0) is 14.7. The molecule has 3 atom stereocenters. The highest BCUT2D eigenvalue weighted by Crippen LogP contribution is 2.39. The Labute approximate surface area is 117 Å². The molecule has 2 aliphatic rings. The third-order valence-electron chi connectivity index (χ3n) is 4.22. The zero-order valence-corrected chi connectivity index (χ0v) is 11.5. The molecule has 2 amide bonds. The minimum atomic E-state index is -0.979. The molecule has 3 unspecified atom stereocenters. The van der Waals surface area contributed by atoms with E-state index in [9.17, 15) is 19.5 Å². The number of nitrogens with one attached hydrogen (secondary N) is 1. The molecule has 0 aromatic heterocycles. The van der Waals surface area contributed by atoms with Crippen LogP contribution >= 0.6 is 0 Å². The van der Waals surface area contributed by atoms with Crippen molar-refractivity contribution in [3.8, 4) is 0 Å². The molecule has 0 radical (unpaired) electrons. The highest BCUT2D eigenvalue weighted by atomic mass is 16.5. The van der Waals surface area contributed by atoms with Crippen LogP contribution in [0.25, 0.3) is 0 Å². The molecule has 20 heavy (non-hydrogen) atoms. The first-order valence-electron chi connectivity index (χ1n) is 6.90. The first-order valence-corrected chi connectivity index (χ1v) is 6.90. The second kappa shape index (κ2) is 6.11. The lowest BCUT2D eigenvalue weighted by Crippen LogP contribution is -2.51. The minimum Gasteiger partial charge on any atom is -0.480 e. The number of esters is 1. The lowest BCUT2D eigenvalue weighted by Gasteiger charge is -2.32. The van der Waals surface area contributed by atoms with Crippen molar-refractivity contribution in [3.05, 3.63) is 0 Å². The zero-order valence-electron chi connectivity index (χ0n) is 11.5. The number of hydrogen-bond acceptors (Lipinski definition) is 4. The fourth-order valence-corrected chi connectivity index (χ4v) is 3.28. The third-order valence-corrected chi connectivity index (χ3v) is 4.22. The third kappa shape index (κ3) is 2.86. The van der Waals surface area contributed by atoms with Crippen molar-refractivity contribution in [1.29, 1.82) is 0 Å². The smallest absolute Gasteiger partial charge is 0.326 e. The van der Waals surface area contributed by atoms with Gasteiger partial charge in [-0.15, -0.1) is 0 Å². The number of urea groups is 1. The molecule has 0 aromatic rings. The van der Waals surface area contributed by atoms with Crippen LogP contribution < -0.4 is 5.32 Å². The van der Waals surface area contributed by atoms with Gasteiger partial charge < -0.3 is 20.1 Å². The topological polar surface area (TPSA) is 95.9 Å². The number of rotatable bonds is 3. The summed E-state index contributed by atoms with van der Waals surface area (Å²) in [6, 6.07) is -1.31. The molecule has 1 aliphatic heterocycles. The SMILES string of the molecule is COC(=O)CNC(=O)N1C(C(=O)O)CC2CCCCC21. The van der Waals surface area contributed by atoms with Crippen LogP contribution in [0.3, 0.4) is 0 Å². The number of aliphatic carboxylic acids is 1. The van der Waals surface area contributed by atoms with Crippen molar-refractivity contribution in [1.82, 2.24) is 10.2 Å². The second-order valence-electron chi connectivity index (χ2n) is 5.34. The number of hydrogen-bond donors (Lipinski definition) is 2. The number of ether oxygens (including phenoxy) is 1. The van der Waals surface area contributed by atoms with Gasteiger partial charge in [0, 0.05) is 6.04 Å². The van der Waals surface area contributed by atoms with E-state index in [0.29, 0.717) is 6.42 Å². The average Bonchev–Trinajstić information content (AvgIpc) is 2.84. The Morgan fingerprint density at radius 2 is 2.00 bits per heavy atom. The lowest BCUT2D eigenvalue weighted by molar-refractivity contribution is -0.141. The summed E-state index contributed by atoms with van der Waals surface area (Å²) in [7, 11) is 1.24. The lowest BCUT2D eigenvalue weighted by atomic mass is 9.85. The van der Waals surface area contributed by atoms with Crippen molar-refractivity contribution in [3.63, 3.8) is 0 Å². The summed E-state index contributed by atoms with van der Waals surface area (Å²) in [5.41, 5.74) is 0. The average molecular weight is 284 g/mol. The minimum absolute atomic E-state index is 0.0255. The molecule has 112 valence electrons. The van der Waals surface area contributed by atoms with Crippen molar-refractivity contribution < 1.29 is 24.2 Å². The molecule has 0 bridgehead atoms. The van der Waals surface area contributed by atoms with Gasteiger partial charge in [-0.1, -0.05) is 12.8 Å². The molecule has 1 heterocycles. The first-order chi connectivity index (χ1) is 9.54. The van der Waals surface area contributed by atoms with E-state index in [-0.39, 0.29) is 18.5 Å². The number of fused-ring (bicyclic) bond motifs is 1. The number of carboxylic acid groups (broad SMARTS) is 1. The molecule has 7 heteroatoms. The first kappa shape index (κ1) is 14.6. The Kier molecular flexibility index (Phi) is 4.46. The van der Waals surface area contributed by atoms with Gasteiger partial charge in [-0.25, -0.2) is 9.59 Å². The van der Waals surface area contributed by atoms with Crippen LogP contribution in [-0.2, 0) is 14.3 Å². The number of methoxy groups -OCH3 is 1. The summed E-state index contributed by atoms with van der Waals surface area (Å²) in [5.74, 6) is -1.27. The Balaban J connectivity index is 2.06. The normalized spacial score (nSPS) is 28.6. The number of carboxylic acids is 1. The molecular formula is C13H20N2O5. The summed E-state index contributed by atoms with van der Waals surface area (Å²) >= 11 is 0. The fourth-order valence-electron chi connectivity index (χ4n) is 3.28. The van der Waals surface area contributed by atoms with E-state index in [1.807, 2.05) is 0 Å². The molecule has 0 aromatic carbocycles. The Hall–Kier alpha value is -1.79. The summed E-state index contributed by atoms with van der Waals surface area (Å²) in [6.45, 7) is -0.241. The van der Waals surface area contributed by atoms with Gasteiger partial charge in [0.15, 0.2) is 0 Å². The number of nitrogens with zero attached hydrogens (tertiary/aromatic N) is 1. The molecule has 1 aliphatic carbocycles. The Morgan fingerprint density at radius 1 is 1.30 bits per heavy atom. The predicted octanol–water partition coefficient (Wildman–Crippen LogP) is 0.587. The van der Waals surface area contributed by atoms with Gasteiger partial charge in [-0.2, -0.15) is 0 Å². The van der Waals surface area contributed by atoms with Crippen LogP contribution in [0.2, 0.25) is 0 Å². The van der Waals surface area contributed by atoms with Crippen LogP contribution in [0.1, 0.15) is 32.1 Å². The Morgan fingerprint density at radius 3 is 2.65 bits per heavy atom. The maximum atomic E-state index is 12.2. The van der Waals surface area contributed by atoms with E-state index in [0.717, 1.165) is 25.7 Å². The number of carbonyl (C=O) groups is 3. The summed E-state index contributed by atoms with van der Waals surface area (Å²) < 4.78 is 4.46. The quantitative estimate of drug-likeness (QED) is 0.739. The van der Waals surface area contributed by atoms with Crippen LogP contribution in [0.15, 0.2) is 0 Å². The van der Waals surface area contributed by atoms with Crippen molar-refractivity contribution >= 4 is 18.0 Å². The second-order valence-corrected chi connectivity index (χ2v) is 5.34. The fraction of sp³-hybridized carbons (Fsp3) is 0.769. The predicted molar refractivity (Wildman–Crippen MR) is 69.0 cm³/mol. The summed E-state index contributed by atoms with van der Waals surface area (Å²) in [5, 5.41) is 11.7. The maximum absolute atomic E-state index is 12.2. The number of likely N-dealkylation sites (tertiary alicyclic amines) is 1. The Bertz CT molecular complexity index is 412. The number of carbonyl (C=O) groups excluding carboxylic acids is 2. The summed E-state index contributed by atoms with van der Waals surface area (Å²) in [4.78, 5) is 36.0. The van der Waals surface area contributed by atoms with Gasteiger partial charge in [0.25, 0.3) is 0 Å². The van der Waals surface area contributed by atoms with E-state index in [1.165, 1.54) is 12.0 Å². The van der Waals surface area contributed by atoms with E-state index < -0.39 is 24.0 Å². The molecule has 2 rings (SSSR count). The molecular weight excluding hydrogens is 264 g/mol. The molecule has 2 fully saturated rings. The van der Waals surface area contributed by atoms with Crippen LogP contribution in [0.5, 0.6) is 0 Å². The van der Waals surface area contributed by atoms with Crippen molar-refractivity contribution in [2.24, 2.45) is 5.92 Å². The highest BCUT2D eigenvalue weighted by molar-refractivity contribution is 5.86. The molecule has 0 spiro atoms. The van der Waals surface area contributed by atoms with E-state index in [1.54, 1.807) is 0 Å². The molecule has 1 saturated carbocycles. The van der Waals surface area contributed by atoms with Gasteiger partial charge in [0.1, 0.15) is 12.6 Å². The van der Waals surface area contributed by atoms with E-state index in [4.69, 9.17) is 0 Å². The summed E-state index contributed by atoms with van der Waals surface area (Å²) in [6.07, 6.45) is 4.40. The van der Waals surface area contributed by atoms with Gasteiger partial charge in [0.05, 0.1) is 7.11 Å². The monoisotopic (exact) mass is 284 g/mol. The van der Waals surface area contributed by atoms with Gasteiger partial charge in [0.2, 0.25) is 0 Å². The van der Waals surface area contributed by atoms with Crippen molar-refractivity contribution in [2.75, 3.05) is 13.7 Å². The molecule has 7 nitrogen and oxygen atoms in total. The van der Waals surface area contributed by atoms with E-state index >= 15 is 0 Å². The van der Waals surface area contributed by atoms with Gasteiger partial charge in [-0.3, -0.25) is 4.79 Å². The van der Waals surface area contributed by atoms with Crippen molar-refractivity contribution in [2.45, 2.75) is 44.2 Å². The highest BCUT2D eigenvalue weighted by Gasteiger charge is 2.47. The van der Waals surface area contributed by atoms with Crippen LogP contribution in [0, 0.1) is 5.92 Å². The van der Waals surface area contributed by atoms with Gasteiger partial charge >= 0.3 is 18.0 Å². The van der Waals surface area contributed by atoms with Crippen LogP contribution in [-0.4, -0.2) is 53.7 Å². The number of amides is 2. The van der Waals surface area contributed by atoms with E-state index in [2.05, 4.69) is 10.1 Å². The standard InChI is InChI=1S/C13H20N2O5/c1-20-11(16)7-14-13(19)15-9-5-3-2-4-8(9)6-10(15)12(17)18/h8-10H,2-7H2,1H3,(H,14,19)(H,17,18). The molecule has 1 saturated heterocycles. The maximum Gasteiger partial charge on any atom is 0.326 e. The van der Waals surface area contributed by atoms with Crippen LogP contribution in [0.4, 0.5) is 4.79 Å². The van der Waals surface area contributed by atoms with Gasteiger partial charge in [-0.05, 0) is 25.2 Å².